The number of nitrogens with one attached hydrogen (secondary N) is 1. The molecule has 1 saturated carbocycles. The van der Waals surface area contributed by atoms with Gasteiger partial charge >= 0.3 is 0 Å². The molecule has 38 heavy (non-hydrogen) atoms. The van der Waals surface area contributed by atoms with Crippen molar-refractivity contribution in [2.75, 3.05) is 17.1 Å². The van der Waals surface area contributed by atoms with Gasteiger partial charge in [-0.2, -0.15) is 0 Å². The number of amides is 2. The van der Waals surface area contributed by atoms with E-state index in [0.29, 0.717) is 27.7 Å². The van der Waals surface area contributed by atoms with Gasteiger partial charge in [0, 0.05) is 41.2 Å². The van der Waals surface area contributed by atoms with Gasteiger partial charge < -0.3 is 10.2 Å². The Labute approximate surface area is 236 Å². The van der Waals surface area contributed by atoms with Crippen molar-refractivity contribution in [3.8, 4) is 0 Å². The highest BCUT2D eigenvalue weighted by molar-refractivity contribution is 7.92. The van der Waals surface area contributed by atoms with E-state index in [4.69, 9.17) is 23.2 Å². The Morgan fingerprint density at radius 2 is 1.66 bits per heavy atom. The van der Waals surface area contributed by atoms with Crippen LogP contribution in [0.5, 0.6) is 0 Å². The summed E-state index contributed by atoms with van der Waals surface area (Å²) in [7, 11) is -3.55. The van der Waals surface area contributed by atoms with Crippen LogP contribution in [0.25, 0.3) is 0 Å². The van der Waals surface area contributed by atoms with Crippen LogP contribution in [-0.2, 0) is 26.2 Å². The number of nitrogens with zero attached hydrogens (tertiary/aromatic N) is 2. The summed E-state index contributed by atoms with van der Waals surface area (Å²) in [6.45, 7) is 4.03. The third kappa shape index (κ3) is 8.10. The number of benzene rings is 2. The maximum Gasteiger partial charge on any atom is 0.243 e. The van der Waals surface area contributed by atoms with Crippen LogP contribution in [-0.4, -0.2) is 50.0 Å². The molecule has 3 rings (SSSR count). The number of carbonyl (C=O) groups is 2. The molecule has 1 fully saturated rings. The second-order valence-electron chi connectivity index (χ2n) is 9.91. The first kappa shape index (κ1) is 30.3. The quantitative estimate of drug-likeness (QED) is 0.347. The van der Waals surface area contributed by atoms with Gasteiger partial charge in [-0.25, -0.2) is 8.42 Å². The third-order valence-corrected chi connectivity index (χ3v) is 8.85. The number of aryl methyl sites for hydroxylation is 1. The Bertz CT molecular complexity index is 1190. The van der Waals surface area contributed by atoms with Gasteiger partial charge in [0.15, 0.2) is 0 Å². The average molecular weight is 583 g/mol. The SMILES string of the molecule is CCC(C(=O)NC1CCCC1)N(Cc1c(Cl)cccc1Cl)C(=O)CCCN(c1ccc(C)cc1)S(C)(=O)=O. The summed E-state index contributed by atoms with van der Waals surface area (Å²) in [5, 5.41) is 3.95. The van der Waals surface area contributed by atoms with Crippen molar-refractivity contribution in [2.24, 2.45) is 0 Å². The molecule has 2 amide bonds. The Balaban J connectivity index is 1.79. The van der Waals surface area contributed by atoms with E-state index in [-0.39, 0.29) is 43.8 Å². The largest absolute Gasteiger partial charge is 0.352 e. The lowest BCUT2D eigenvalue weighted by Crippen LogP contribution is -2.51. The van der Waals surface area contributed by atoms with Crippen molar-refractivity contribution in [2.45, 2.75) is 77.4 Å². The number of carbonyl (C=O) groups excluding carboxylic acids is 2. The van der Waals surface area contributed by atoms with E-state index in [1.807, 2.05) is 26.0 Å². The number of halogens is 2. The van der Waals surface area contributed by atoms with Crippen LogP contribution in [0.15, 0.2) is 42.5 Å². The average Bonchev–Trinajstić information content (AvgIpc) is 3.36. The molecule has 208 valence electrons. The highest BCUT2D eigenvalue weighted by Crippen LogP contribution is 2.28. The van der Waals surface area contributed by atoms with E-state index in [1.165, 1.54) is 9.21 Å². The highest BCUT2D eigenvalue weighted by atomic mass is 35.5. The van der Waals surface area contributed by atoms with Crippen molar-refractivity contribution in [1.82, 2.24) is 10.2 Å². The third-order valence-electron chi connectivity index (χ3n) is 6.95. The molecule has 0 aliphatic heterocycles. The predicted octanol–water partition coefficient (Wildman–Crippen LogP) is 5.71. The molecule has 2 aromatic carbocycles. The topological polar surface area (TPSA) is 86.8 Å². The van der Waals surface area contributed by atoms with Crippen molar-refractivity contribution < 1.29 is 18.0 Å². The first-order chi connectivity index (χ1) is 18.0. The maximum absolute atomic E-state index is 13.6. The molecule has 1 N–H and O–H groups in total. The van der Waals surface area contributed by atoms with Gasteiger partial charge in [-0.05, 0) is 56.9 Å². The summed E-state index contributed by atoms with van der Waals surface area (Å²) < 4.78 is 26.3. The fourth-order valence-electron chi connectivity index (χ4n) is 4.86. The summed E-state index contributed by atoms with van der Waals surface area (Å²) in [6.07, 6.45) is 5.96. The summed E-state index contributed by atoms with van der Waals surface area (Å²) >= 11 is 12.8. The Morgan fingerprint density at radius 3 is 2.21 bits per heavy atom. The monoisotopic (exact) mass is 581 g/mol. The molecule has 1 aliphatic rings. The Hall–Kier alpha value is -2.29. The molecule has 1 atom stereocenters. The smallest absolute Gasteiger partial charge is 0.243 e. The van der Waals surface area contributed by atoms with Gasteiger partial charge in [0.2, 0.25) is 21.8 Å². The normalized spacial score (nSPS) is 14.8. The second kappa shape index (κ2) is 13.7. The Morgan fingerprint density at radius 1 is 1.05 bits per heavy atom. The van der Waals surface area contributed by atoms with Gasteiger partial charge in [0.05, 0.1) is 11.9 Å². The van der Waals surface area contributed by atoms with Crippen molar-refractivity contribution in [3.05, 3.63) is 63.6 Å². The van der Waals surface area contributed by atoms with E-state index < -0.39 is 16.1 Å². The van der Waals surface area contributed by atoms with Crippen molar-refractivity contribution in [3.63, 3.8) is 0 Å². The molecule has 0 spiro atoms. The lowest BCUT2D eigenvalue weighted by atomic mass is 10.1. The summed E-state index contributed by atoms with van der Waals surface area (Å²) in [4.78, 5) is 28.5. The number of sulfonamides is 1. The lowest BCUT2D eigenvalue weighted by Gasteiger charge is -2.32. The molecule has 1 unspecified atom stereocenters. The van der Waals surface area contributed by atoms with Gasteiger partial charge in [0.25, 0.3) is 0 Å². The minimum atomic E-state index is -3.55. The molecular weight excluding hydrogens is 545 g/mol. The van der Waals surface area contributed by atoms with Gasteiger partial charge in [-0.3, -0.25) is 13.9 Å². The molecule has 0 saturated heterocycles. The zero-order valence-corrected chi connectivity index (χ0v) is 24.6. The van der Waals surface area contributed by atoms with E-state index in [2.05, 4.69) is 5.32 Å². The highest BCUT2D eigenvalue weighted by Gasteiger charge is 2.31. The molecule has 7 nitrogen and oxygen atoms in total. The second-order valence-corrected chi connectivity index (χ2v) is 12.6. The molecule has 2 aromatic rings. The molecule has 0 heterocycles. The van der Waals surface area contributed by atoms with Gasteiger partial charge in [0.1, 0.15) is 6.04 Å². The number of rotatable bonds is 12. The maximum atomic E-state index is 13.6. The number of anilines is 1. The van der Waals surface area contributed by atoms with Crippen LogP contribution in [0, 0.1) is 6.92 Å². The van der Waals surface area contributed by atoms with E-state index in [1.54, 1.807) is 30.3 Å². The van der Waals surface area contributed by atoms with Gasteiger partial charge in [-0.15, -0.1) is 0 Å². The fraction of sp³-hybridized carbons (Fsp3) is 0.500. The summed E-state index contributed by atoms with van der Waals surface area (Å²) in [6, 6.07) is 11.8. The number of hydrogen-bond donors (Lipinski definition) is 1. The van der Waals surface area contributed by atoms with Crippen LogP contribution in [0.4, 0.5) is 5.69 Å². The van der Waals surface area contributed by atoms with Gasteiger partial charge in [-0.1, -0.05) is 66.7 Å². The van der Waals surface area contributed by atoms with E-state index >= 15 is 0 Å². The fourth-order valence-corrected chi connectivity index (χ4v) is 6.34. The predicted molar refractivity (Wildman–Crippen MR) is 154 cm³/mol. The van der Waals surface area contributed by atoms with E-state index in [0.717, 1.165) is 37.5 Å². The van der Waals surface area contributed by atoms with Crippen LogP contribution in [0.1, 0.15) is 63.0 Å². The lowest BCUT2D eigenvalue weighted by molar-refractivity contribution is -0.141. The zero-order chi connectivity index (χ0) is 27.9. The number of hydrogen-bond acceptors (Lipinski definition) is 4. The Kier molecular flexibility index (Phi) is 10.9. The van der Waals surface area contributed by atoms with E-state index in [9.17, 15) is 18.0 Å². The first-order valence-electron chi connectivity index (χ1n) is 13.1. The van der Waals surface area contributed by atoms with Crippen molar-refractivity contribution in [1.29, 1.82) is 0 Å². The molecule has 1 aliphatic carbocycles. The molecular formula is C28H37Cl2N3O4S. The van der Waals surface area contributed by atoms with Crippen LogP contribution >= 0.6 is 23.2 Å². The molecule has 0 radical (unpaired) electrons. The van der Waals surface area contributed by atoms with Crippen LogP contribution < -0.4 is 9.62 Å². The van der Waals surface area contributed by atoms with Crippen LogP contribution in [0.3, 0.4) is 0 Å². The zero-order valence-electron chi connectivity index (χ0n) is 22.3. The first-order valence-corrected chi connectivity index (χ1v) is 15.7. The minimum Gasteiger partial charge on any atom is -0.352 e. The minimum absolute atomic E-state index is 0.0627. The van der Waals surface area contributed by atoms with Crippen LogP contribution in [0.2, 0.25) is 10.0 Å². The molecule has 0 aromatic heterocycles. The summed E-state index contributed by atoms with van der Waals surface area (Å²) in [5.41, 5.74) is 2.15. The van der Waals surface area contributed by atoms with Crippen molar-refractivity contribution >= 4 is 50.7 Å². The summed E-state index contributed by atoms with van der Waals surface area (Å²) in [5.74, 6) is -0.444. The molecule has 10 heteroatoms. The standard InChI is InChI=1S/C28H37Cl2N3O4S/c1-4-26(28(35)31-21-9-5-6-10-21)32(19-23-24(29)11-7-12-25(23)30)27(34)13-8-18-33(38(3,36)37)22-16-14-20(2)15-17-22/h7,11-12,14-17,21,26H,4-6,8-10,13,18-19H2,1-3H3,(H,31,35). The molecule has 0 bridgehead atoms.